The Morgan fingerprint density at radius 1 is 1.45 bits per heavy atom. The number of hydrogen-bond donors (Lipinski definition) is 1. The molecule has 0 bridgehead atoms. The van der Waals surface area contributed by atoms with Gasteiger partial charge in [0.25, 0.3) is 0 Å². The summed E-state index contributed by atoms with van der Waals surface area (Å²) in [5.74, 6) is 0.725. The lowest BCUT2D eigenvalue weighted by Crippen LogP contribution is -2.48. The van der Waals surface area contributed by atoms with Gasteiger partial charge in [0.15, 0.2) is 0 Å². The summed E-state index contributed by atoms with van der Waals surface area (Å²) in [6.45, 7) is 13.4. The van der Waals surface area contributed by atoms with Gasteiger partial charge in [0.2, 0.25) is 0 Å². The van der Waals surface area contributed by atoms with Crippen molar-refractivity contribution in [2.75, 3.05) is 19.6 Å². The van der Waals surface area contributed by atoms with Crippen molar-refractivity contribution in [3.8, 4) is 0 Å². The second kappa shape index (κ2) is 7.23. The van der Waals surface area contributed by atoms with E-state index in [1.165, 1.54) is 31.6 Å². The molecule has 1 saturated heterocycles. The summed E-state index contributed by atoms with van der Waals surface area (Å²) < 4.78 is 2.05. The fourth-order valence-electron chi connectivity index (χ4n) is 2.99. The van der Waals surface area contributed by atoms with Gasteiger partial charge in [-0.1, -0.05) is 13.8 Å². The standard InChI is InChI=1S/C16H30N4/c1-5-8-17-16-7-9-19(11-14(16)4)12-15-6-10-20(18-15)13(2)3/h6,10,13-14,16-17H,5,7-9,11-12H2,1-4H3. The van der Waals surface area contributed by atoms with Gasteiger partial charge in [-0.2, -0.15) is 5.10 Å². The molecule has 0 aromatic carbocycles. The van der Waals surface area contributed by atoms with E-state index in [-0.39, 0.29) is 0 Å². The molecule has 0 spiro atoms. The molecule has 2 rings (SSSR count). The first-order valence-electron chi connectivity index (χ1n) is 8.10. The lowest BCUT2D eigenvalue weighted by atomic mass is 9.93. The second-order valence-corrected chi connectivity index (χ2v) is 6.44. The van der Waals surface area contributed by atoms with E-state index in [0.717, 1.165) is 19.0 Å². The number of likely N-dealkylation sites (tertiary alicyclic amines) is 1. The molecule has 1 aliphatic heterocycles. The van der Waals surface area contributed by atoms with Crippen molar-refractivity contribution < 1.29 is 0 Å². The monoisotopic (exact) mass is 278 g/mol. The van der Waals surface area contributed by atoms with Crippen LogP contribution in [-0.2, 0) is 6.54 Å². The van der Waals surface area contributed by atoms with Crippen LogP contribution >= 0.6 is 0 Å². The third-order valence-electron chi connectivity index (χ3n) is 4.22. The highest BCUT2D eigenvalue weighted by atomic mass is 15.3. The maximum absolute atomic E-state index is 4.66. The van der Waals surface area contributed by atoms with E-state index in [1.54, 1.807) is 0 Å². The molecule has 20 heavy (non-hydrogen) atoms. The number of aromatic nitrogens is 2. The first kappa shape index (κ1) is 15.5. The molecule has 2 atom stereocenters. The second-order valence-electron chi connectivity index (χ2n) is 6.44. The molecular weight excluding hydrogens is 248 g/mol. The molecule has 1 aliphatic rings. The van der Waals surface area contributed by atoms with Crippen LogP contribution in [0, 0.1) is 5.92 Å². The maximum atomic E-state index is 4.66. The molecule has 2 unspecified atom stereocenters. The van der Waals surface area contributed by atoms with E-state index < -0.39 is 0 Å². The van der Waals surface area contributed by atoms with Gasteiger partial charge in [0.1, 0.15) is 0 Å². The first-order chi connectivity index (χ1) is 9.60. The predicted molar refractivity (Wildman–Crippen MR) is 83.8 cm³/mol. The summed E-state index contributed by atoms with van der Waals surface area (Å²) >= 11 is 0. The minimum absolute atomic E-state index is 0.451. The molecule has 0 saturated carbocycles. The van der Waals surface area contributed by atoms with Gasteiger partial charge in [-0.05, 0) is 45.2 Å². The van der Waals surface area contributed by atoms with Gasteiger partial charge >= 0.3 is 0 Å². The molecule has 114 valence electrons. The molecular formula is C16H30N4. The van der Waals surface area contributed by atoms with Crippen LogP contribution < -0.4 is 5.32 Å². The zero-order valence-corrected chi connectivity index (χ0v) is 13.5. The van der Waals surface area contributed by atoms with Crippen LogP contribution in [-0.4, -0.2) is 40.4 Å². The van der Waals surface area contributed by atoms with Gasteiger partial charge in [0, 0.05) is 37.9 Å². The molecule has 4 nitrogen and oxygen atoms in total. The van der Waals surface area contributed by atoms with Crippen molar-refractivity contribution in [3.63, 3.8) is 0 Å². The van der Waals surface area contributed by atoms with E-state index in [9.17, 15) is 0 Å². The van der Waals surface area contributed by atoms with Crippen LogP contribution in [0.5, 0.6) is 0 Å². The molecule has 0 aliphatic carbocycles. The fraction of sp³-hybridized carbons (Fsp3) is 0.812. The topological polar surface area (TPSA) is 33.1 Å². The van der Waals surface area contributed by atoms with Crippen LogP contribution in [0.25, 0.3) is 0 Å². The zero-order chi connectivity index (χ0) is 14.5. The summed E-state index contributed by atoms with van der Waals surface area (Å²) in [5.41, 5.74) is 1.20. The lowest BCUT2D eigenvalue weighted by Gasteiger charge is -2.37. The van der Waals surface area contributed by atoms with Crippen molar-refractivity contribution in [2.45, 2.75) is 59.2 Å². The van der Waals surface area contributed by atoms with Crippen molar-refractivity contribution >= 4 is 0 Å². The molecule has 0 amide bonds. The van der Waals surface area contributed by atoms with Crippen LogP contribution in [0.3, 0.4) is 0 Å². The average molecular weight is 278 g/mol. The van der Waals surface area contributed by atoms with E-state index in [2.05, 4.69) is 55.3 Å². The summed E-state index contributed by atoms with van der Waals surface area (Å²) in [6.07, 6.45) is 4.57. The van der Waals surface area contributed by atoms with Gasteiger partial charge < -0.3 is 5.32 Å². The minimum Gasteiger partial charge on any atom is -0.314 e. The van der Waals surface area contributed by atoms with E-state index in [1.807, 2.05) is 4.68 Å². The van der Waals surface area contributed by atoms with Crippen molar-refractivity contribution in [3.05, 3.63) is 18.0 Å². The van der Waals surface area contributed by atoms with Crippen LogP contribution in [0.4, 0.5) is 0 Å². The van der Waals surface area contributed by atoms with Crippen LogP contribution in [0.2, 0.25) is 0 Å². The molecule has 1 aromatic rings. The van der Waals surface area contributed by atoms with E-state index >= 15 is 0 Å². The van der Waals surface area contributed by atoms with Gasteiger partial charge in [-0.25, -0.2) is 0 Å². The first-order valence-corrected chi connectivity index (χ1v) is 8.10. The van der Waals surface area contributed by atoms with Gasteiger partial charge in [-0.15, -0.1) is 0 Å². The maximum Gasteiger partial charge on any atom is 0.0764 e. The smallest absolute Gasteiger partial charge is 0.0764 e. The number of hydrogen-bond acceptors (Lipinski definition) is 3. The fourth-order valence-corrected chi connectivity index (χ4v) is 2.99. The van der Waals surface area contributed by atoms with Crippen molar-refractivity contribution in [1.29, 1.82) is 0 Å². The normalized spacial score (nSPS) is 24.4. The third-order valence-corrected chi connectivity index (χ3v) is 4.22. The molecule has 2 heterocycles. The SMILES string of the molecule is CCCNC1CCN(Cc2ccn(C(C)C)n2)CC1C. The van der Waals surface area contributed by atoms with Crippen molar-refractivity contribution in [2.24, 2.45) is 5.92 Å². The zero-order valence-electron chi connectivity index (χ0n) is 13.5. The number of nitrogens with one attached hydrogen (secondary N) is 1. The predicted octanol–water partition coefficient (Wildman–Crippen LogP) is 2.67. The highest BCUT2D eigenvalue weighted by Gasteiger charge is 2.25. The number of nitrogens with zero attached hydrogens (tertiary/aromatic N) is 3. The highest BCUT2D eigenvalue weighted by molar-refractivity contribution is 5.00. The average Bonchev–Trinajstić information content (AvgIpc) is 2.86. The summed E-state index contributed by atoms with van der Waals surface area (Å²) in [7, 11) is 0. The minimum atomic E-state index is 0.451. The molecule has 4 heteroatoms. The highest BCUT2D eigenvalue weighted by Crippen LogP contribution is 2.18. The largest absolute Gasteiger partial charge is 0.314 e. The van der Waals surface area contributed by atoms with E-state index in [4.69, 9.17) is 0 Å². The Morgan fingerprint density at radius 3 is 2.85 bits per heavy atom. The van der Waals surface area contributed by atoms with Gasteiger partial charge in [0.05, 0.1) is 5.69 Å². The number of rotatable bonds is 6. The molecule has 1 aromatic heterocycles. The Kier molecular flexibility index (Phi) is 5.61. The van der Waals surface area contributed by atoms with E-state index in [0.29, 0.717) is 12.1 Å². The third kappa shape index (κ3) is 4.06. The molecule has 1 N–H and O–H groups in total. The Labute approximate surface area is 123 Å². The summed E-state index contributed by atoms with van der Waals surface area (Å²) in [5, 5.41) is 8.33. The molecule has 1 fully saturated rings. The number of piperidine rings is 1. The summed E-state index contributed by atoms with van der Waals surface area (Å²) in [4.78, 5) is 2.54. The van der Waals surface area contributed by atoms with Crippen molar-refractivity contribution in [1.82, 2.24) is 20.0 Å². The Morgan fingerprint density at radius 2 is 2.25 bits per heavy atom. The Hall–Kier alpha value is -0.870. The van der Waals surface area contributed by atoms with Gasteiger partial charge in [-0.3, -0.25) is 9.58 Å². The van der Waals surface area contributed by atoms with Crippen LogP contribution in [0.15, 0.2) is 12.3 Å². The molecule has 0 radical (unpaired) electrons. The lowest BCUT2D eigenvalue weighted by molar-refractivity contribution is 0.139. The Balaban J connectivity index is 1.83. The summed E-state index contributed by atoms with van der Waals surface area (Å²) in [6, 6.07) is 3.30. The van der Waals surface area contributed by atoms with Crippen LogP contribution in [0.1, 0.15) is 52.3 Å². The Bertz CT molecular complexity index is 399. The quantitative estimate of drug-likeness (QED) is 0.868.